The summed E-state index contributed by atoms with van der Waals surface area (Å²) in [5.41, 5.74) is 2.99. The number of oxazole rings is 1. The van der Waals surface area contributed by atoms with Gasteiger partial charge < -0.3 is 45.4 Å². The van der Waals surface area contributed by atoms with E-state index in [2.05, 4.69) is 26.3 Å². The van der Waals surface area contributed by atoms with Gasteiger partial charge in [-0.25, -0.2) is 49.5 Å². The Kier molecular flexibility index (Phi) is 20.1. The SMILES string of the molecule is CNC(=O)C[C@@H]1NC(=O)c2csc(n2)-c2ccc(-c3nc(N(C(=O)OC4CCC(C(=O)O)CC4)c4ncc(C(=O)O)o4)cs3)nc2-c2csc(n2)-c2csc(n2)[C@H]([C@@H](C)c2ccccc2)NC(=O)CNC(=O)c2nc(sc2COC)C(C(C)C)CC(=O)c2nc1sc2C. The smallest absolute Gasteiger partial charge is 0.424 e. The lowest BCUT2D eigenvalue weighted by Gasteiger charge is -2.27. The molecule has 93 heavy (non-hydrogen) atoms. The number of nitrogens with zero attached hydrogens (tertiary/aromatic N) is 9. The van der Waals surface area contributed by atoms with Crippen molar-refractivity contribution in [2.24, 2.45) is 11.8 Å². The van der Waals surface area contributed by atoms with Gasteiger partial charge in [0.05, 0.1) is 59.3 Å². The lowest BCUT2D eigenvalue weighted by molar-refractivity contribution is -0.143. The fourth-order valence-corrected chi connectivity index (χ4v) is 16.2. The molecule has 9 aromatic rings. The Morgan fingerprint density at radius 2 is 1.45 bits per heavy atom. The Bertz CT molecular complexity index is 4290. The van der Waals surface area contributed by atoms with Crippen LogP contribution in [0.25, 0.3) is 43.4 Å². The molecule has 32 heteroatoms. The summed E-state index contributed by atoms with van der Waals surface area (Å²) in [5.74, 6) is -6.99. The summed E-state index contributed by atoms with van der Waals surface area (Å²) < 4.78 is 16.9. The van der Waals surface area contributed by atoms with Gasteiger partial charge in [-0.05, 0) is 56.2 Å². The molecule has 26 nitrogen and oxygen atoms in total. The number of fused-ring (bicyclic) bond motifs is 14. The van der Waals surface area contributed by atoms with Crippen LogP contribution in [0.3, 0.4) is 0 Å². The average Bonchev–Trinajstić information content (AvgIpc) is 1.71. The standard InChI is InChI=1S/C61H59N13O13S6/c1-27(2)34-18-40(75)47-29(4)92-56(72-47)36(19-44(76)62-5)66-50(78)38-24-88-52(68-38)33-16-17-35(54-70-43(26-91-54)74(60-64-20-41(87-60)59(82)83)61(84)86-32-14-12-31(13-15-32)58(80)81)65-48(33)37-23-89-55(67-37)39-25-90-57(69-39)46(28(3)30-10-8-7-9-11-30)71-45(77)21-63-51(79)49-42(22-85-6)93-53(34)73-49/h7-11,16-17,20,23-28,31-32,34,36,46H,12-15,18-19,21-22H2,1-6H3,(H,62,76)(H,63,79)(H,66,78)(H,71,77)(H,80,81)(H,82,83)/t28-,31?,32?,34?,36-,46-/m0/s1. The second-order valence-electron chi connectivity index (χ2n) is 22.1. The number of anilines is 2. The van der Waals surface area contributed by atoms with Gasteiger partial charge in [0.25, 0.3) is 11.8 Å². The molecule has 1 aliphatic carbocycles. The molecule has 6 N–H and O–H groups in total. The number of hydrogen-bond donors (Lipinski definition) is 6. The summed E-state index contributed by atoms with van der Waals surface area (Å²) in [5, 5.41) is 39.9. The van der Waals surface area contributed by atoms with Crippen LogP contribution in [-0.2, 0) is 30.5 Å². The molecule has 10 bridgehead atoms. The van der Waals surface area contributed by atoms with Gasteiger partial charge >= 0.3 is 24.0 Å². The topological polar surface area (TPSA) is 363 Å². The number of nitrogens with one attached hydrogen (secondary N) is 4. The molecular weight excluding hydrogens is 1320 g/mol. The second-order valence-corrected chi connectivity index (χ2v) is 27.9. The number of ether oxygens (including phenoxy) is 2. The number of ketones is 1. The van der Waals surface area contributed by atoms with Crippen LogP contribution in [0.4, 0.5) is 16.6 Å². The Morgan fingerprint density at radius 1 is 0.742 bits per heavy atom. The Hall–Kier alpha value is -8.92. The minimum atomic E-state index is -1.44. The number of carbonyl (C=O) groups is 8. The number of benzene rings is 1. The number of Topliss-reactive ketones (excluding diaryl/α,β-unsaturated/α-hetero) is 1. The number of hydrogen-bond acceptors (Lipinski definition) is 25. The second kappa shape index (κ2) is 28.5. The highest BCUT2D eigenvalue weighted by Crippen LogP contribution is 2.42. The third-order valence-corrected chi connectivity index (χ3v) is 21.3. The van der Waals surface area contributed by atoms with Gasteiger partial charge in [-0.15, -0.1) is 68.0 Å². The number of aromatic nitrogens is 8. The van der Waals surface area contributed by atoms with Crippen LogP contribution in [0, 0.1) is 18.8 Å². The van der Waals surface area contributed by atoms with Gasteiger partial charge in [0.1, 0.15) is 65.3 Å². The zero-order valence-electron chi connectivity index (χ0n) is 50.5. The van der Waals surface area contributed by atoms with Crippen molar-refractivity contribution < 1.29 is 62.5 Å². The first kappa shape index (κ1) is 65.6. The van der Waals surface area contributed by atoms with Crippen LogP contribution in [0.15, 0.2) is 74.6 Å². The highest BCUT2D eigenvalue weighted by Gasteiger charge is 2.36. The average molecular weight is 1370 g/mol. The molecule has 4 atom stereocenters. The molecule has 5 amide bonds. The van der Waals surface area contributed by atoms with Crippen molar-refractivity contribution >= 4 is 127 Å². The van der Waals surface area contributed by atoms with E-state index in [-0.39, 0.29) is 96.4 Å². The third-order valence-electron chi connectivity index (χ3n) is 15.6. The monoisotopic (exact) mass is 1370 g/mol. The molecule has 0 radical (unpaired) electrons. The van der Waals surface area contributed by atoms with Crippen molar-refractivity contribution in [3.8, 4) is 43.4 Å². The number of methoxy groups -OCH3 is 1. The van der Waals surface area contributed by atoms with Crippen LogP contribution < -0.4 is 26.2 Å². The maximum atomic E-state index is 14.5. The first-order valence-corrected chi connectivity index (χ1v) is 34.3. The number of rotatable bonds is 13. The number of aliphatic carboxylic acids is 1. The van der Waals surface area contributed by atoms with E-state index in [9.17, 15) is 48.6 Å². The zero-order chi connectivity index (χ0) is 65.8. The molecule has 1 unspecified atom stereocenters. The fourth-order valence-electron chi connectivity index (χ4n) is 10.5. The van der Waals surface area contributed by atoms with Gasteiger partial charge in [0.15, 0.2) is 11.6 Å². The van der Waals surface area contributed by atoms with Gasteiger partial charge in [-0.2, -0.15) is 4.90 Å². The Labute approximate surface area is 554 Å². The minimum absolute atomic E-state index is 0.00556. The summed E-state index contributed by atoms with van der Waals surface area (Å²) in [6.07, 6.45) is 0.109. The quantitative estimate of drug-likeness (QED) is 0.0624. The summed E-state index contributed by atoms with van der Waals surface area (Å²) in [6, 6.07) is 10.9. The number of aryl methyl sites for hydroxylation is 1. The van der Waals surface area contributed by atoms with Crippen molar-refractivity contribution in [1.29, 1.82) is 0 Å². The minimum Gasteiger partial charge on any atom is -0.481 e. The fraction of sp³-hybridized carbons (Fsp3) is 0.344. The first-order valence-electron chi connectivity index (χ1n) is 29.1. The Balaban J connectivity index is 0.985. The van der Waals surface area contributed by atoms with E-state index >= 15 is 0 Å². The highest BCUT2D eigenvalue weighted by atomic mass is 32.1. The van der Waals surface area contributed by atoms with E-state index in [1.807, 2.05) is 56.5 Å². The predicted molar refractivity (Wildman–Crippen MR) is 347 cm³/mol. The molecule has 1 saturated carbocycles. The van der Waals surface area contributed by atoms with Gasteiger partial charge in [-0.1, -0.05) is 51.1 Å². The molecule has 1 fully saturated rings. The van der Waals surface area contributed by atoms with Crippen LogP contribution in [0.2, 0.25) is 0 Å². The van der Waals surface area contributed by atoms with Crippen molar-refractivity contribution in [2.45, 2.75) is 103 Å². The van der Waals surface area contributed by atoms with Gasteiger partial charge in [-0.3, -0.25) is 28.8 Å². The zero-order valence-corrected chi connectivity index (χ0v) is 55.4. The molecule has 0 spiro atoms. The van der Waals surface area contributed by atoms with Crippen LogP contribution in [0.5, 0.6) is 0 Å². The lowest BCUT2D eigenvalue weighted by Crippen LogP contribution is -2.40. The largest absolute Gasteiger partial charge is 0.481 e. The maximum Gasteiger partial charge on any atom is 0.424 e. The number of carboxylic acid groups (broad SMARTS) is 2. The van der Waals surface area contributed by atoms with Crippen molar-refractivity contribution in [2.75, 3.05) is 25.6 Å². The molecule has 8 aromatic heterocycles. The number of pyridine rings is 1. The molecule has 9 heterocycles. The first-order chi connectivity index (χ1) is 44.7. The van der Waals surface area contributed by atoms with E-state index in [4.69, 9.17) is 48.8 Å². The number of thiazole rings is 6. The van der Waals surface area contributed by atoms with E-state index in [1.54, 1.807) is 29.8 Å². The van der Waals surface area contributed by atoms with Crippen molar-refractivity contribution in [1.82, 2.24) is 61.1 Å². The van der Waals surface area contributed by atoms with Crippen LogP contribution in [0.1, 0.15) is 156 Å². The summed E-state index contributed by atoms with van der Waals surface area (Å²) in [4.78, 5) is 148. The summed E-state index contributed by atoms with van der Waals surface area (Å²) in [6.45, 7) is 7.22. The predicted octanol–water partition coefficient (Wildman–Crippen LogP) is 10.9. The number of carbonyl (C=O) groups excluding carboxylic acids is 6. The third kappa shape index (κ3) is 14.7. The van der Waals surface area contributed by atoms with E-state index in [0.717, 1.165) is 50.7 Å². The normalized spacial score (nSPS) is 18.4. The van der Waals surface area contributed by atoms with Crippen LogP contribution >= 0.6 is 68.0 Å². The van der Waals surface area contributed by atoms with E-state index < -0.39 is 90.0 Å². The molecule has 0 saturated heterocycles. The summed E-state index contributed by atoms with van der Waals surface area (Å²) in [7, 11) is 2.96. The van der Waals surface area contributed by atoms with Gasteiger partial charge in [0, 0.05) is 64.4 Å². The lowest BCUT2D eigenvalue weighted by atomic mass is 9.87. The molecule has 1 aromatic carbocycles. The molecule has 2 aliphatic rings. The van der Waals surface area contributed by atoms with Crippen LogP contribution in [-0.4, -0.2) is 124 Å². The molecule has 1 aliphatic heterocycles. The number of aromatic carboxylic acids is 1. The van der Waals surface area contributed by atoms with E-state index in [0.29, 0.717) is 57.4 Å². The van der Waals surface area contributed by atoms with Crippen molar-refractivity contribution in [3.63, 3.8) is 0 Å². The van der Waals surface area contributed by atoms with E-state index in [1.165, 1.54) is 53.5 Å². The molecular formula is C61H59N13O13S6. The summed E-state index contributed by atoms with van der Waals surface area (Å²) >= 11 is 7.21. The van der Waals surface area contributed by atoms with Gasteiger partial charge in [0.2, 0.25) is 17.6 Å². The van der Waals surface area contributed by atoms with Crippen molar-refractivity contribution in [3.05, 3.63) is 123 Å². The number of carboxylic acids is 2. The maximum absolute atomic E-state index is 14.5. The Morgan fingerprint density at radius 3 is 2.17 bits per heavy atom. The molecule has 482 valence electrons. The highest BCUT2D eigenvalue weighted by molar-refractivity contribution is 7.15. The molecule has 11 rings (SSSR count). The number of amides is 5.